The molecule has 17 heavy (non-hydrogen) atoms. The third-order valence-electron chi connectivity index (χ3n) is 5.24. The molecule has 2 N–H and O–H groups in total. The zero-order valence-corrected chi connectivity index (χ0v) is 11.8. The molecule has 1 nitrogen and oxygen atoms in total. The van der Waals surface area contributed by atoms with Crippen molar-refractivity contribution in [3.8, 4) is 0 Å². The van der Waals surface area contributed by atoms with Crippen molar-refractivity contribution in [3.63, 3.8) is 0 Å². The van der Waals surface area contributed by atoms with E-state index in [0.717, 1.165) is 24.3 Å². The molecule has 0 aromatic heterocycles. The van der Waals surface area contributed by atoms with Crippen LogP contribution in [0.3, 0.4) is 0 Å². The molecular weight excluding hydrogens is 206 g/mol. The van der Waals surface area contributed by atoms with Crippen molar-refractivity contribution < 1.29 is 5.32 Å². The summed E-state index contributed by atoms with van der Waals surface area (Å²) < 4.78 is 0. The number of hydrogen-bond donors (Lipinski definition) is 1. The van der Waals surface area contributed by atoms with Gasteiger partial charge in [0, 0.05) is 0 Å². The second-order valence-electron chi connectivity index (χ2n) is 6.80. The van der Waals surface area contributed by atoms with E-state index < -0.39 is 0 Å². The molecule has 1 heteroatoms. The first-order valence-electron chi connectivity index (χ1n) is 7.37. The van der Waals surface area contributed by atoms with Crippen LogP contribution in [0.4, 0.5) is 0 Å². The summed E-state index contributed by atoms with van der Waals surface area (Å²) >= 11 is 0. The van der Waals surface area contributed by atoms with Gasteiger partial charge in [0.2, 0.25) is 0 Å². The van der Waals surface area contributed by atoms with Gasteiger partial charge in [-0.2, -0.15) is 7.05 Å². The lowest BCUT2D eigenvalue weighted by Gasteiger charge is -2.32. The first-order valence-corrected chi connectivity index (χ1v) is 7.37. The Morgan fingerprint density at radius 2 is 2.24 bits per heavy atom. The Balaban J connectivity index is 2.23. The Bertz CT molecular complexity index is 292. The summed E-state index contributed by atoms with van der Waals surface area (Å²) in [7, 11) is 3.90. The molecule has 2 aliphatic carbocycles. The third-order valence-corrected chi connectivity index (χ3v) is 5.24. The molecule has 0 radical (unpaired) electrons. The Morgan fingerprint density at radius 3 is 2.88 bits per heavy atom. The molecule has 0 aliphatic heterocycles. The quantitative estimate of drug-likeness (QED) is 0.572. The highest BCUT2D eigenvalue weighted by Crippen LogP contribution is 2.54. The van der Waals surface area contributed by atoms with Gasteiger partial charge in [-0.25, -0.2) is 0 Å². The first-order chi connectivity index (χ1) is 8.07. The minimum atomic E-state index is 0.595. The Kier molecular flexibility index (Phi) is 3.97. The van der Waals surface area contributed by atoms with Crippen molar-refractivity contribution >= 4 is 0 Å². The maximum Gasteiger partial charge on any atom is 0.0732 e. The summed E-state index contributed by atoms with van der Waals surface area (Å²) in [6.45, 7) is 8.45. The molecule has 0 aromatic carbocycles. The van der Waals surface area contributed by atoms with Crippen molar-refractivity contribution in [2.45, 2.75) is 52.9 Å². The second-order valence-corrected chi connectivity index (χ2v) is 6.80. The van der Waals surface area contributed by atoms with Crippen LogP contribution in [0.1, 0.15) is 52.9 Å². The van der Waals surface area contributed by atoms with Crippen molar-refractivity contribution in [1.82, 2.24) is 0 Å². The number of quaternary nitrogens is 1. The molecule has 3 atom stereocenters. The van der Waals surface area contributed by atoms with Crippen LogP contribution in [0.25, 0.3) is 0 Å². The van der Waals surface area contributed by atoms with Gasteiger partial charge in [0.05, 0.1) is 6.54 Å². The van der Waals surface area contributed by atoms with E-state index in [1.54, 1.807) is 5.57 Å². The maximum atomic E-state index is 3.90. The molecule has 3 unspecified atom stereocenters. The predicted molar refractivity (Wildman–Crippen MR) is 73.2 cm³/mol. The number of allylic oxidation sites excluding steroid dienone is 1. The first kappa shape index (κ1) is 13.1. The van der Waals surface area contributed by atoms with E-state index in [1.165, 1.54) is 32.1 Å². The largest absolute Gasteiger partial charge is 0.475 e. The minimum absolute atomic E-state index is 0.595. The van der Waals surface area contributed by atoms with E-state index in [0.29, 0.717) is 5.41 Å². The molecule has 0 bridgehead atoms. The van der Waals surface area contributed by atoms with Crippen LogP contribution in [-0.4, -0.2) is 6.54 Å². The van der Waals surface area contributed by atoms with Crippen LogP contribution in [-0.2, 0) is 0 Å². The number of hydrogen-bond acceptors (Lipinski definition) is 0. The number of rotatable bonds is 3. The molecule has 0 aromatic rings. The molecule has 2 rings (SSSR count). The topological polar surface area (TPSA) is 16.6 Å². The lowest BCUT2D eigenvalue weighted by atomic mass is 9.72. The molecule has 0 saturated heterocycles. The molecule has 0 heterocycles. The Morgan fingerprint density at radius 1 is 1.47 bits per heavy atom. The molecule has 1 fully saturated rings. The average Bonchev–Trinajstić information content (AvgIpc) is 2.49. The van der Waals surface area contributed by atoms with Crippen molar-refractivity contribution in [2.24, 2.45) is 23.2 Å². The van der Waals surface area contributed by atoms with E-state index in [2.05, 4.69) is 39.2 Å². The van der Waals surface area contributed by atoms with E-state index in [1.807, 2.05) is 0 Å². The van der Waals surface area contributed by atoms with E-state index in [-0.39, 0.29) is 0 Å². The fourth-order valence-electron chi connectivity index (χ4n) is 4.14. The molecular formula is C16H29N. The van der Waals surface area contributed by atoms with Crippen LogP contribution in [0.2, 0.25) is 0 Å². The van der Waals surface area contributed by atoms with Gasteiger partial charge < -0.3 is 5.32 Å². The average molecular weight is 235 g/mol. The number of fused-ring (bicyclic) bond motifs is 1. The fourth-order valence-corrected chi connectivity index (χ4v) is 4.14. The lowest BCUT2D eigenvalue weighted by Crippen LogP contribution is -2.77. The van der Waals surface area contributed by atoms with Gasteiger partial charge in [-0.1, -0.05) is 26.8 Å². The smallest absolute Gasteiger partial charge is 0.0732 e. The highest BCUT2D eigenvalue weighted by atomic mass is 14.8. The zero-order chi connectivity index (χ0) is 12.5. The van der Waals surface area contributed by atoms with Gasteiger partial charge in [-0.3, -0.25) is 0 Å². The zero-order valence-electron chi connectivity index (χ0n) is 11.8. The normalized spacial score (nSPS) is 37.8. The van der Waals surface area contributed by atoms with Crippen LogP contribution >= 0.6 is 0 Å². The van der Waals surface area contributed by atoms with Gasteiger partial charge in [-0.05, 0) is 60.8 Å². The van der Waals surface area contributed by atoms with Gasteiger partial charge >= 0.3 is 0 Å². The van der Waals surface area contributed by atoms with Gasteiger partial charge in [0.1, 0.15) is 0 Å². The van der Waals surface area contributed by atoms with E-state index in [9.17, 15) is 0 Å². The summed E-state index contributed by atoms with van der Waals surface area (Å²) in [4.78, 5) is 0. The molecule has 98 valence electrons. The SMILES string of the molecule is [CH2-][NH2+]CC1=CC2C(C(C)C)CCC2(C)CCC1. The van der Waals surface area contributed by atoms with Crippen molar-refractivity contribution in [2.75, 3.05) is 6.54 Å². The maximum absolute atomic E-state index is 3.90. The summed E-state index contributed by atoms with van der Waals surface area (Å²) in [5.74, 6) is 2.58. The molecule has 0 amide bonds. The highest BCUT2D eigenvalue weighted by Gasteiger charge is 2.45. The summed E-state index contributed by atoms with van der Waals surface area (Å²) in [6, 6.07) is 0. The fraction of sp³-hybridized carbons (Fsp3) is 0.812. The van der Waals surface area contributed by atoms with Crippen molar-refractivity contribution in [3.05, 3.63) is 18.7 Å². The van der Waals surface area contributed by atoms with Crippen LogP contribution in [0, 0.1) is 30.2 Å². The number of nitrogens with two attached hydrogens (primary N) is 1. The molecule has 2 aliphatic rings. The standard InChI is InChI=1S/C16H29N/c1-12(2)14-7-9-16(3)8-5-6-13(11-17-4)10-15(14)16/h10,12,14-15H,4-9,11,17H2,1-3H3. The second kappa shape index (κ2) is 5.14. The summed E-state index contributed by atoms with van der Waals surface area (Å²) in [6.07, 6.45) is 9.65. The third kappa shape index (κ3) is 2.59. The van der Waals surface area contributed by atoms with E-state index >= 15 is 0 Å². The van der Waals surface area contributed by atoms with Gasteiger partial charge in [-0.15, -0.1) is 0 Å². The summed E-state index contributed by atoms with van der Waals surface area (Å²) in [5.41, 5.74) is 2.25. The molecule has 1 saturated carbocycles. The lowest BCUT2D eigenvalue weighted by molar-refractivity contribution is -0.587. The molecule has 0 spiro atoms. The van der Waals surface area contributed by atoms with E-state index in [4.69, 9.17) is 0 Å². The predicted octanol–water partition coefficient (Wildman–Crippen LogP) is 3.14. The van der Waals surface area contributed by atoms with Crippen LogP contribution in [0.15, 0.2) is 11.6 Å². The van der Waals surface area contributed by atoms with Crippen LogP contribution < -0.4 is 5.32 Å². The van der Waals surface area contributed by atoms with Crippen LogP contribution in [0.5, 0.6) is 0 Å². The minimum Gasteiger partial charge on any atom is -0.475 e. The monoisotopic (exact) mass is 235 g/mol. The Labute approximate surface area is 107 Å². The highest BCUT2D eigenvalue weighted by molar-refractivity contribution is 5.14. The van der Waals surface area contributed by atoms with Crippen molar-refractivity contribution in [1.29, 1.82) is 0 Å². The Hall–Kier alpha value is -0.300. The summed E-state index contributed by atoms with van der Waals surface area (Å²) in [5, 5.41) is 2.08. The van der Waals surface area contributed by atoms with Gasteiger partial charge in [0.25, 0.3) is 0 Å². The van der Waals surface area contributed by atoms with Gasteiger partial charge in [0.15, 0.2) is 0 Å².